The molecule has 2 N–H and O–H groups in total. The molecule has 0 aromatic heterocycles. The number of hydrogen-bond donors (Lipinski definition) is 2. The van der Waals surface area contributed by atoms with E-state index in [-0.39, 0.29) is 23.3 Å². The van der Waals surface area contributed by atoms with Gasteiger partial charge in [-0.3, -0.25) is 9.59 Å². The van der Waals surface area contributed by atoms with Gasteiger partial charge in [-0.1, -0.05) is 0 Å². The maximum Gasteiger partial charge on any atom is 0.243 e. The molecular weight excluding hydrogens is 430 g/mol. The first-order valence-corrected chi connectivity index (χ1v) is 12.2. The van der Waals surface area contributed by atoms with E-state index in [1.165, 1.54) is 10.4 Å². The van der Waals surface area contributed by atoms with E-state index in [0.717, 1.165) is 5.56 Å². The van der Waals surface area contributed by atoms with E-state index in [4.69, 9.17) is 4.74 Å². The van der Waals surface area contributed by atoms with Crippen molar-refractivity contribution in [2.45, 2.75) is 37.0 Å². The summed E-state index contributed by atoms with van der Waals surface area (Å²) >= 11 is 0. The molecule has 0 aliphatic carbocycles. The Bertz CT molecular complexity index is 1110. The van der Waals surface area contributed by atoms with Crippen LogP contribution in [0.5, 0.6) is 5.75 Å². The van der Waals surface area contributed by atoms with Crippen molar-refractivity contribution in [3.05, 3.63) is 48.0 Å². The minimum Gasteiger partial charge on any atom is -0.497 e. The van der Waals surface area contributed by atoms with Crippen LogP contribution < -0.4 is 15.4 Å². The Kier molecular flexibility index (Phi) is 6.48. The highest BCUT2D eigenvalue weighted by Crippen LogP contribution is 2.29. The molecule has 2 heterocycles. The number of amides is 2. The second kappa shape index (κ2) is 9.30. The van der Waals surface area contributed by atoms with Gasteiger partial charge in [-0.2, -0.15) is 4.31 Å². The molecule has 2 aromatic rings. The standard InChI is InChI=1S/C23H27N3O5S/c1-31-19-9-7-18(8-10-19)24-23(28)17-5-3-13-26(15-17)32(29,30)20-11-12-21-16(14-20)4-2-6-22(27)25-21/h7-12,14,17H,2-6,13,15H2,1H3,(H,24,28)(H,25,27). The zero-order chi connectivity index (χ0) is 22.7. The molecule has 1 unspecified atom stereocenters. The van der Waals surface area contributed by atoms with Gasteiger partial charge in [0.25, 0.3) is 0 Å². The number of hydrogen-bond acceptors (Lipinski definition) is 5. The van der Waals surface area contributed by atoms with Gasteiger partial charge in [-0.25, -0.2) is 8.42 Å². The number of carbonyl (C=O) groups is 2. The highest BCUT2D eigenvalue weighted by atomic mass is 32.2. The number of fused-ring (bicyclic) bond motifs is 1. The van der Waals surface area contributed by atoms with Crippen molar-refractivity contribution in [1.29, 1.82) is 0 Å². The molecule has 0 bridgehead atoms. The Balaban J connectivity index is 1.47. The zero-order valence-corrected chi connectivity index (χ0v) is 18.8. The summed E-state index contributed by atoms with van der Waals surface area (Å²) in [7, 11) is -2.17. The van der Waals surface area contributed by atoms with Crippen LogP contribution in [0.1, 0.15) is 31.2 Å². The molecule has 8 nitrogen and oxygen atoms in total. The van der Waals surface area contributed by atoms with E-state index in [1.807, 2.05) is 0 Å². The third kappa shape index (κ3) is 4.78. The molecule has 1 atom stereocenters. The van der Waals surface area contributed by atoms with Crippen LogP contribution in [0.15, 0.2) is 47.4 Å². The molecule has 2 amide bonds. The fraction of sp³-hybridized carbons (Fsp3) is 0.391. The van der Waals surface area contributed by atoms with Gasteiger partial charge in [-0.15, -0.1) is 0 Å². The van der Waals surface area contributed by atoms with Gasteiger partial charge >= 0.3 is 0 Å². The van der Waals surface area contributed by atoms with Crippen LogP contribution in [0.3, 0.4) is 0 Å². The van der Waals surface area contributed by atoms with Gasteiger partial charge in [0.2, 0.25) is 21.8 Å². The van der Waals surface area contributed by atoms with E-state index in [0.29, 0.717) is 55.8 Å². The molecule has 0 spiro atoms. The Labute approximate surface area is 188 Å². The Hall–Kier alpha value is -2.91. The van der Waals surface area contributed by atoms with E-state index in [9.17, 15) is 18.0 Å². The summed E-state index contributed by atoms with van der Waals surface area (Å²) in [5.74, 6) is 0.0137. The molecule has 4 rings (SSSR count). The van der Waals surface area contributed by atoms with Crippen LogP contribution in [0.25, 0.3) is 0 Å². The fourth-order valence-corrected chi connectivity index (χ4v) is 5.73. The Morgan fingerprint density at radius 2 is 1.91 bits per heavy atom. The lowest BCUT2D eigenvalue weighted by Crippen LogP contribution is -2.43. The summed E-state index contributed by atoms with van der Waals surface area (Å²) in [6, 6.07) is 11.9. The molecular formula is C23H27N3O5S. The largest absolute Gasteiger partial charge is 0.497 e. The first-order chi connectivity index (χ1) is 15.4. The minimum atomic E-state index is -3.75. The molecule has 1 fully saturated rings. The van der Waals surface area contributed by atoms with E-state index in [1.54, 1.807) is 43.5 Å². The molecule has 2 aliphatic rings. The third-order valence-corrected chi connectivity index (χ3v) is 7.81. The first-order valence-electron chi connectivity index (χ1n) is 10.7. The molecule has 9 heteroatoms. The lowest BCUT2D eigenvalue weighted by molar-refractivity contribution is -0.121. The quantitative estimate of drug-likeness (QED) is 0.718. The Morgan fingerprint density at radius 1 is 1.12 bits per heavy atom. The molecule has 0 saturated carbocycles. The number of methoxy groups -OCH3 is 1. The van der Waals surface area contributed by atoms with E-state index in [2.05, 4.69) is 10.6 Å². The molecule has 2 aliphatic heterocycles. The van der Waals surface area contributed by atoms with Crippen LogP contribution in [-0.4, -0.2) is 44.7 Å². The highest BCUT2D eigenvalue weighted by molar-refractivity contribution is 7.89. The highest BCUT2D eigenvalue weighted by Gasteiger charge is 2.33. The number of nitrogens with one attached hydrogen (secondary N) is 2. The zero-order valence-electron chi connectivity index (χ0n) is 18.0. The van der Waals surface area contributed by atoms with Crippen LogP contribution in [0.2, 0.25) is 0 Å². The second-order valence-corrected chi connectivity index (χ2v) is 10.1. The van der Waals surface area contributed by atoms with E-state index < -0.39 is 15.9 Å². The molecule has 2 aromatic carbocycles. The summed E-state index contributed by atoms with van der Waals surface area (Å²) in [6.07, 6.45) is 2.99. The number of rotatable bonds is 5. The van der Waals surface area contributed by atoms with Gasteiger partial charge < -0.3 is 15.4 Å². The topological polar surface area (TPSA) is 105 Å². The number of carbonyl (C=O) groups excluding carboxylic acids is 2. The number of anilines is 2. The minimum absolute atomic E-state index is 0.0545. The van der Waals surface area contributed by atoms with Crippen molar-refractivity contribution in [3.8, 4) is 5.75 Å². The summed E-state index contributed by atoms with van der Waals surface area (Å²) < 4.78 is 33.1. The molecule has 0 radical (unpaired) electrons. The third-order valence-electron chi connectivity index (χ3n) is 5.95. The van der Waals surface area contributed by atoms with Crippen LogP contribution >= 0.6 is 0 Å². The second-order valence-electron chi connectivity index (χ2n) is 8.14. The number of nitrogens with zero attached hydrogens (tertiary/aromatic N) is 1. The molecule has 170 valence electrons. The van der Waals surface area contributed by atoms with Crippen molar-refractivity contribution in [2.24, 2.45) is 5.92 Å². The van der Waals surface area contributed by atoms with Crippen molar-refractivity contribution >= 4 is 33.2 Å². The first kappa shape index (κ1) is 22.3. The number of piperidine rings is 1. The van der Waals surface area contributed by atoms with E-state index >= 15 is 0 Å². The van der Waals surface area contributed by atoms with Gasteiger partial charge in [0, 0.05) is 30.9 Å². The Morgan fingerprint density at radius 3 is 2.66 bits per heavy atom. The molecule has 1 saturated heterocycles. The maximum absolute atomic E-state index is 13.3. The van der Waals surface area contributed by atoms with Crippen LogP contribution in [0.4, 0.5) is 11.4 Å². The SMILES string of the molecule is COc1ccc(NC(=O)C2CCCN(S(=O)(=O)c3ccc4c(c3)CCCC(=O)N4)C2)cc1. The number of ether oxygens (including phenoxy) is 1. The summed E-state index contributed by atoms with van der Waals surface area (Å²) in [5, 5.41) is 5.70. The average Bonchev–Trinajstić information content (AvgIpc) is 2.99. The maximum atomic E-state index is 13.3. The lowest BCUT2D eigenvalue weighted by atomic mass is 9.99. The molecule has 32 heavy (non-hydrogen) atoms. The summed E-state index contributed by atoms with van der Waals surface area (Å²) in [4.78, 5) is 24.7. The average molecular weight is 458 g/mol. The van der Waals surface area contributed by atoms with Crippen molar-refractivity contribution in [2.75, 3.05) is 30.8 Å². The predicted molar refractivity (Wildman–Crippen MR) is 121 cm³/mol. The monoisotopic (exact) mass is 457 g/mol. The normalized spacial score (nSPS) is 19.4. The number of aryl methyl sites for hydroxylation is 1. The van der Waals surface area contributed by atoms with Gasteiger partial charge in [0.05, 0.1) is 17.9 Å². The smallest absolute Gasteiger partial charge is 0.243 e. The fourth-order valence-electron chi connectivity index (χ4n) is 4.15. The lowest BCUT2D eigenvalue weighted by Gasteiger charge is -2.31. The number of benzene rings is 2. The van der Waals surface area contributed by atoms with Gasteiger partial charge in [0.15, 0.2) is 0 Å². The number of sulfonamides is 1. The van der Waals surface area contributed by atoms with Crippen LogP contribution in [0, 0.1) is 5.92 Å². The summed E-state index contributed by atoms with van der Waals surface area (Å²) in [6.45, 7) is 0.514. The van der Waals surface area contributed by atoms with Crippen molar-refractivity contribution < 1.29 is 22.7 Å². The summed E-state index contributed by atoms with van der Waals surface area (Å²) in [5.41, 5.74) is 2.13. The van der Waals surface area contributed by atoms with Crippen LogP contribution in [-0.2, 0) is 26.0 Å². The van der Waals surface area contributed by atoms with Crippen molar-refractivity contribution in [1.82, 2.24) is 4.31 Å². The van der Waals surface area contributed by atoms with Crippen molar-refractivity contribution in [3.63, 3.8) is 0 Å². The van der Waals surface area contributed by atoms with Gasteiger partial charge in [0.1, 0.15) is 5.75 Å². The van der Waals surface area contributed by atoms with Gasteiger partial charge in [-0.05, 0) is 73.7 Å². The predicted octanol–water partition coefficient (Wildman–Crippen LogP) is 3.01.